The van der Waals surface area contributed by atoms with Gasteiger partial charge < -0.3 is 14.6 Å². The summed E-state index contributed by atoms with van der Waals surface area (Å²) in [7, 11) is -0.562. The number of unbranched alkanes of at least 4 members (excludes halogenated alkanes) is 13. The molecule has 0 aliphatic carbocycles. The number of aromatic nitrogens is 1. The van der Waals surface area contributed by atoms with E-state index >= 15 is 0 Å². The molecule has 6 nitrogen and oxygen atoms in total. The second-order valence-electron chi connectivity index (χ2n) is 10.4. The van der Waals surface area contributed by atoms with Gasteiger partial charge in [0.25, 0.3) is 10.0 Å². The van der Waals surface area contributed by atoms with Crippen molar-refractivity contribution >= 4 is 20.9 Å². The van der Waals surface area contributed by atoms with Crippen molar-refractivity contribution in [3.63, 3.8) is 0 Å². The molecule has 7 heteroatoms. The van der Waals surface area contributed by atoms with Gasteiger partial charge in [-0.2, -0.15) is 0 Å². The zero-order valence-electron chi connectivity index (χ0n) is 23.9. The van der Waals surface area contributed by atoms with Gasteiger partial charge in [0.15, 0.2) is 0 Å². The fourth-order valence-electron chi connectivity index (χ4n) is 5.27. The van der Waals surface area contributed by atoms with Crippen molar-refractivity contribution in [2.24, 2.45) is 0 Å². The summed E-state index contributed by atoms with van der Waals surface area (Å²) in [5, 5.41) is 9.70. The highest BCUT2D eigenvalue weighted by atomic mass is 32.2. The first kappa shape index (κ1) is 31.0. The summed E-state index contributed by atoms with van der Waals surface area (Å²) in [4.78, 5) is 0.229. The van der Waals surface area contributed by atoms with E-state index in [4.69, 9.17) is 14.6 Å². The summed E-state index contributed by atoms with van der Waals surface area (Å²) in [6.45, 7) is 0.328. The second kappa shape index (κ2) is 16.6. The smallest absolute Gasteiger partial charge is 0.268 e. The standard InChI is InChI=1S/C32H47NO5S/c1-37-28-21-23-29(24-22-28)39(35,36)33-26-27(32-30(33)19-17-20-31(32)38-2)18-15-13-11-9-7-5-3-4-6-8-10-12-14-16-25-34/h17,19-24,26,34H,3-16,18,25H2,1-2H3. The Hall–Kier alpha value is -2.51. The third-order valence-corrected chi connectivity index (χ3v) is 9.21. The minimum atomic E-state index is -3.76. The molecular weight excluding hydrogens is 510 g/mol. The molecule has 0 bridgehead atoms. The van der Waals surface area contributed by atoms with E-state index in [1.807, 2.05) is 18.2 Å². The maximum atomic E-state index is 13.5. The molecule has 0 radical (unpaired) electrons. The molecule has 216 valence electrons. The summed E-state index contributed by atoms with van der Waals surface area (Å²) < 4.78 is 39.3. The maximum Gasteiger partial charge on any atom is 0.268 e. The molecule has 1 heterocycles. The van der Waals surface area contributed by atoms with Gasteiger partial charge in [0, 0.05) is 18.2 Å². The number of hydrogen-bond acceptors (Lipinski definition) is 5. The van der Waals surface area contributed by atoms with Crippen LogP contribution >= 0.6 is 0 Å². The van der Waals surface area contributed by atoms with Crippen LogP contribution in [0.5, 0.6) is 11.5 Å². The first-order valence-electron chi connectivity index (χ1n) is 14.7. The molecule has 3 rings (SSSR count). The number of aryl methyl sites for hydroxylation is 1. The van der Waals surface area contributed by atoms with Gasteiger partial charge in [0.1, 0.15) is 11.5 Å². The van der Waals surface area contributed by atoms with Crippen molar-refractivity contribution in [3.8, 4) is 11.5 Å². The van der Waals surface area contributed by atoms with Gasteiger partial charge in [0.05, 0.1) is 24.6 Å². The van der Waals surface area contributed by atoms with Gasteiger partial charge in [0.2, 0.25) is 0 Å². The fourth-order valence-corrected chi connectivity index (χ4v) is 6.65. The van der Waals surface area contributed by atoms with E-state index in [9.17, 15) is 8.42 Å². The molecule has 3 aromatic rings. The summed E-state index contributed by atoms with van der Waals surface area (Å²) in [5.41, 5.74) is 1.65. The van der Waals surface area contributed by atoms with Gasteiger partial charge >= 0.3 is 0 Å². The first-order valence-corrected chi connectivity index (χ1v) is 16.1. The molecule has 1 N–H and O–H groups in total. The normalized spacial score (nSPS) is 11.8. The predicted molar refractivity (Wildman–Crippen MR) is 159 cm³/mol. The number of aliphatic hydroxyl groups is 1. The third kappa shape index (κ3) is 9.00. The van der Waals surface area contributed by atoms with Crippen molar-refractivity contribution in [1.29, 1.82) is 0 Å². The topological polar surface area (TPSA) is 77.8 Å². The number of hydrogen-bond donors (Lipinski definition) is 1. The van der Waals surface area contributed by atoms with Gasteiger partial charge in [-0.1, -0.05) is 83.1 Å². The predicted octanol–water partition coefficient (Wildman–Crippen LogP) is 7.89. The molecule has 0 aliphatic heterocycles. The lowest BCUT2D eigenvalue weighted by Crippen LogP contribution is -2.11. The van der Waals surface area contributed by atoms with Gasteiger partial charge in [-0.15, -0.1) is 0 Å². The Morgan fingerprint density at radius 1 is 0.692 bits per heavy atom. The number of fused-ring (bicyclic) bond motifs is 1. The summed E-state index contributed by atoms with van der Waals surface area (Å²) >= 11 is 0. The third-order valence-electron chi connectivity index (χ3n) is 7.53. The van der Waals surface area contributed by atoms with Crippen molar-refractivity contribution in [2.45, 2.75) is 101 Å². The Bertz CT molecular complexity index is 1220. The van der Waals surface area contributed by atoms with Crippen molar-refractivity contribution < 1.29 is 23.0 Å². The van der Waals surface area contributed by atoms with Gasteiger partial charge in [-0.3, -0.25) is 0 Å². The molecular formula is C32H47NO5S. The van der Waals surface area contributed by atoms with E-state index in [1.54, 1.807) is 44.7 Å². The zero-order chi connectivity index (χ0) is 27.9. The monoisotopic (exact) mass is 557 g/mol. The average molecular weight is 558 g/mol. The fraction of sp³-hybridized carbons (Fsp3) is 0.562. The van der Waals surface area contributed by atoms with E-state index in [1.165, 1.54) is 68.2 Å². The number of aliphatic hydroxyl groups excluding tert-OH is 1. The first-order chi connectivity index (χ1) is 19.0. The Labute approximate surface area is 235 Å². The van der Waals surface area contributed by atoms with Crippen LogP contribution in [-0.4, -0.2) is 38.3 Å². The molecule has 0 spiro atoms. The van der Waals surface area contributed by atoms with Crippen LogP contribution in [0.25, 0.3) is 10.9 Å². The van der Waals surface area contributed by atoms with E-state index in [0.717, 1.165) is 43.1 Å². The van der Waals surface area contributed by atoms with Crippen LogP contribution in [0.2, 0.25) is 0 Å². The van der Waals surface area contributed by atoms with Crippen molar-refractivity contribution in [1.82, 2.24) is 3.97 Å². The second-order valence-corrected chi connectivity index (χ2v) is 12.2. The van der Waals surface area contributed by atoms with Gasteiger partial charge in [-0.05, 0) is 61.2 Å². The van der Waals surface area contributed by atoms with E-state index in [2.05, 4.69) is 0 Å². The molecule has 1 aromatic heterocycles. The Balaban J connectivity index is 1.48. The number of rotatable bonds is 20. The Morgan fingerprint density at radius 2 is 1.23 bits per heavy atom. The number of nitrogens with zero attached hydrogens (tertiary/aromatic N) is 1. The Kier molecular flexibility index (Phi) is 13.2. The molecule has 0 aliphatic rings. The van der Waals surface area contributed by atoms with Crippen molar-refractivity contribution in [2.75, 3.05) is 20.8 Å². The van der Waals surface area contributed by atoms with Crippen molar-refractivity contribution in [3.05, 3.63) is 54.2 Å². The highest BCUT2D eigenvalue weighted by molar-refractivity contribution is 7.90. The Morgan fingerprint density at radius 3 is 1.74 bits per heavy atom. The molecule has 0 fully saturated rings. The molecule has 0 saturated heterocycles. The molecule has 0 amide bonds. The maximum absolute atomic E-state index is 13.5. The van der Waals surface area contributed by atoms with Crippen LogP contribution in [0.3, 0.4) is 0 Å². The quantitative estimate of drug-likeness (QED) is 0.143. The molecule has 0 saturated carbocycles. The molecule has 0 atom stereocenters. The highest BCUT2D eigenvalue weighted by Gasteiger charge is 2.23. The number of methoxy groups -OCH3 is 2. The van der Waals surface area contributed by atoms with Crippen LogP contribution in [-0.2, 0) is 16.4 Å². The average Bonchev–Trinajstić information content (AvgIpc) is 3.35. The lowest BCUT2D eigenvalue weighted by atomic mass is 10.0. The summed E-state index contributed by atoms with van der Waals surface area (Å²) in [6.07, 6.45) is 19.9. The molecule has 2 aromatic carbocycles. The van der Waals surface area contributed by atoms with Crippen LogP contribution in [0, 0.1) is 0 Å². The SMILES string of the molecule is COc1ccc(S(=O)(=O)n2cc(CCCCCCCCCCCCCCCCO)c3c(OC)cccc32)cc1. The lowest BCUT2D eigenvalue weighted by molar-refractivity contribution is 0.282. The van der Waals surface area contributed by atoms with E-state index in [-0.39, 0.29) is 4.90 Å². The van der Waals surface area contributed by atoms with E-state index < -0.39 is 10.0 Å². The van der Waals surface area contributed by atoms with Crippen LogP contribution in [0.15, 0.2) is 53.6 Å². The summed E-state index contributed by atoms with van der Waals surface area (Å²) in [6, 6.07) is 12.1. The lowest BCUT2D eigenvalue weighted by Gasteiger charge is -2.09. The van der Waals surface area contributed by atoms with Crippen LogP contribution in [0.4, 0.5) is 0 Å². The minimum absolute atomic E-state index is 0.229. The highest BCUT2D eigenvalue weighted by Crippen LogP contribution is 2.34. The number of benzene rings is 2. The minimum Gasteiger partial charge on any atom is -0.497 e. The van der Waals surface area contributed by atoms with Gasteiger partial charge in [-0.25, -0.2) is 12.4 Å². The molecule has 0 unspecified atom stereocenters. The van der Waals surface area contributed by atoms with Crippen LogP contribution in [0.1, 0.15) is 95.5 Å². The van der Waals surface area contributed by atoms with Crippen LogP contribution < -0.4 is 9.47 Å². The summed E-state index contributed by atoms with van der Waals surface area (Å²) in [5.74, 6) is 1.33. The largest absolute Gasteiger partial charge is 0.497 e. The van der Waals surface area contributed by atoms with E-state index in [0.29, 0.717) is 23.6 Å². The zero-order valence-corrected chi connectivity index (χ0v) is 24.7. The number of ether oxygens (including phenoxy) is 2. The molecule has 39 heavy (non-hydrogen) atoms.